The lowest BCUT2D eigenvalue weighted by Crippen LogP contribution is -2.11. The molecule has 0 saturated heterocycles. The van der Waals surface area contributed by atoms with Gasteiger partial charge in [-0.05, 0) is 24.1 Å². The van der Waals surface area contributed by atoms with Gasteiger partial charge in [0.25, 0.3) is 5.91 Å². The van der Waals surface area contributed by atoms with Gasteiger partial charge >= 0.3 is 0 Å². The van der Waals surface area contributed by atoms with Crippen LogP contribution in [0.15, 0.2) is 24.3 Å². The Morgan fingerprint density at radius 1 is 1.40 bits per heavy atom. The molecule has 0 unspecified atom stereocenters. The molecule has 5 nitrogen and oxygen atoms in total. The van der Waals surface area contributed by atoms with E-state index >= 15 is 0 Å². The third kappa shape index (κ3) is 4.47. The smallest absolute Gasteiger partial charge is 0.257 e. The van der Waals surface area contributed by atoms with Crippen LogP contribution in [0.25, 0.3) is 0 Å². The van der Waals surface area contributed by atoms with Crippen molar-refractivity contribution < 1.29 is 4.79 Å². The van der Waals surface area contributed by atoms with E-state index in [0.29, 0.717) is 22.3 Å². The number of rotatable bonds is 4. The highest BCUT2D eigenvalue weighted by Gasteiger charge is 2.11. The summed E-state index contributed by atoms with van der Waals surface area (Å²) in [5.41, 5.74) is 6.72. The topological polar surface area (TPSA) is 80.9 Å². The van der Waals surface area contributed by atoms with Crippen molar-refractivity contribution in [2.24, 2.45) is 5.92 Å². The number of anilines is 2. The van der Waals surface area contributed by atoms with Crippen LogP contribution in [-0.4, -0.2) is 16.1 Å². The molecule has 0 aliphatic heterocycles. The predicted octanol–water partition coefficient (Wildman–Crippen LogP) is 2.99. The molecule has 1 aromatic heterocycles. The van der Waals surface area contributed by atoms with Crippen LogP contribution >= 0.6 is 23.7 Å². The van der Waals surface area contributed by atoms with Gasteiger partial charge in [0, 0.05) is 17.7 Å². The molecule has 0 aliphatic rings. The van der Waals surface area contributed by atoms with Crippen LogP contribution < -0.4 is 11.1 Å². The molecule has 1 amide bonds. The van der Waals surface area contributed by atoms with E-state index < -0.39 is 0 Å². The molecule has 1 heterocycles. The molecule has 3 N–H and O–H groups in total. The normalized spacial score (nSPS) is 10.2. The SMILES string of the molecule is CC(C)Cc1nnc(NC(=O)c2cccc(N)c2)s1.Cl. The summed E-state index contributed by atoms with van der Waals surface area (Å²) in [6.45, 7) is 4.23. The van der Waals surface area contributed by atoms with E-state index in [1.807, 2.05) is 0 Å². The first-order valence-electron chi connectivity index (χ1n) is 6.04. The van der Waals surface area contributed by atoms with Gasteiger partial charge in [-0.25, -0.2) is 0 Å². The van der Waals surface area contributed by atoms with Crippen LogP contribution in [0.2, 0.25) is 0 Å². The minimum atomic E-state index is -0.223. The number of nitrogens with one attached hydrogen (secondary N) is 1. The van der Waals surface area contributed by atoms with Crippen molar-refractivity contribution in [2.75, 3.05) is 11.1 Å². The number of hydrogen-bond donors (Lipinski definition) is 2. The van der Waals surface area contributed by atoms with Crippen molar-refractivity contribution in [2.45, 2.75) is 20.3 Å². The fraction of sp³-hybridized carbons (Fsp3) is 0.308. The number of nitrogens with two attached hydrogens (primary N) is 1. The summed E-state index contributed by atoms with van der Waals surface area (Å²) in [4.78, 5) is 12.0. The number of amides is 1. The molecule has 0 spiro atoms. The van der Waals surface area contributed by atoms with Crippen LogP contribution in [-0.2, 0) is 6.42 Å². The first-order valence-corrected chi connectivity index (χ1v) is 6.85. The maximum Gasteiger partial charge on any atom is 0.257 e. The molecule has 108 valence electrons. The van der Waals surface area contributed by atoms with E-state index in [-0.39, 0.29) is 18.3 Å². The first-order chi connectivity index (χ1) is 9.04. The van der Waals surface area contributed by atoms with Gasteiger partial charge in [0.1, 0.15) is 5.01 Å². The van der Waals surface area contributed by atoms with Gasteiger partial charge in [-0.1, -0.05) is 31.3 Å². The van der Waals surface area contributed by atoms with Crippen molar-refractivity contribution in [1.29, 1.82) is 0 Å². The minimum absolute atomic E-state index is 0. The van der Waals surface area contributed by atoms with E-state index in [0.717, 1.165) is 11.4 Å². The summed E-state index contributed by atoms with van der Waals surface area (Å²) in [5, 5.41) is 12.2. The molecular weight excluding hydrogens is 296 g/mol. The molecule has 20 heavy (non-hydrogen) atoms. The van der Waals surface area contributed by atoms with E-state index in [4.69, 9.17) is 5.73 Å². The number of aromatic nitrogens is 2. The highest BCUT2D eigenvalue weighted by atomic mass is 35.5. The van der Waals surface area contributed by atoms with Gasteiger partial charge in [-0.3, -0.25) is 10.1 Å². The van der Waals surface area contributed by atoms with Crippen molar-refractivity contribution in [1.82, 2.24) is 10.2 Å². The molecule has 0 radical (unpaired) electrons. The molecule has 1 aromatic carbocycles. The Morgan fingerprint density at radius 2 is 2.15 bits per heavy atom. The fourth-order valence-electron chi connectivity index (χ4n) is 1.59. The summed E-state index contributed by atoms with van der Waals surface area (Å²) in [5.74, 6) is 0.296. The third-order valence-electron chi connectivity index (χ3n) is 2.42. The van der Waals surface area contributed by atoms with Crippen LogP contribution in [0.1, 0.15) is 29.2 Å². The van der Waals surface area contributed by atoms with Crippen molar-refractivity contribution in [3.05, 3.63) is 34.8 Å². The lowest BCUT2D eigenvalue weighted by atomic mass is 10.1. The number of benzene rings is 1. The molecular formula is C13H17ClN4OS. The average molecular weight is 313 g/mol. The molecule has 0 fully saturated rings. The van der Waals surface area contributed by atoms with Crippen LogP contribution in [0.3, 0.4) is 0 Å². The Balaban J connectivity index is 0.00000200. The molecule has 2 rings (SSSR count). The fourth-order valence-corrected chi connectivity index (χ4v) is 2.53. The number of nitrogen functional groups attached to an aromatic ring is 1. The number of halogens is 1. The second kappa shape index (κ2) is 7.21. The Hall–Kier alpha value is -1.66. The Labute approximate surface area is 128 Å². The maximum atomic E-state index is 12.0. The zero-order chi connectivity index (χ0) is 13.8. The van der Waals surface area contributed by atoms with Gasteiger partial charge in [0.15, 0.2) is 0 Å². The Kier molecular flexibility index (Phi) is 5.91. The standard InChI is InChI=1S/C13H16N4OS.ClH/c1-8(2)6-11-16-17-13(19-11)15-12(18)9-4-3-5-10(14)7-9;/h3-5,7-8H,6,14H2,1-2H3,(H,15,17,18);1H. The number of carbonyl (C=O) groups excluding carboxylic acids is 1. The van der Waals surface area contributed by atoms with Crippen LogP contribution in [0.4, 0.5) is 10.8 Å². The summed E-state index contributed by atoms with van der Waals surface area (Å²) in [6, 6.07) is 6.82. The second-order valence-electron chi connectivity index (χ2n) is 4.68. The van der Waals surface area contributed by atoms with Crippen molar-refractivity contribution in [3.8, 4) is 0 Å². The van der Waals surface area contributed by atoms with Gasteiger partial charge in [0.2, 0.25) is 5.13 Å². The molecule has 0 aliphatic carbocycles. The molecule has 0 atom stereocenters. The van der Waals surface area contributed by atoms with Crippen molar-refractivity contribution >= 4 is 40.5 Å². The summed E-state index contributed by atoms with van der Waals surface area (Å²) >= 11 is 1.40. The lowest BCUT2D eigenvalue weighted by molar-refractivity contribution is 0.102. The monoisotopic (exact) mass is 312 g/mol. The average Bonchev–Trinajstić information content (AvgIpc) is 2.75. The zero-order valence-electron chi connectivity index (χ0n) is 11.3. The molecule has 2 aromatic rings. The quantitative estimate of drug-likeness (QED) is 0.850. The van der Waals surface area contributed by atoms with Gasteiger partial charge < -0.3 is 5.73 Å². The van der Waals surface area contributed by atoms with Crippen LogP contribution in [0.5, 0.6) is 0 Å². The summed E-state index contributed by atoms with van der Waals surface area (Å²) in [6.07, 6.45) is 0.867. The molecule has 0 bridgehead atoms. The largest absolute Gasteiger partial charge is 0.399 e. The van der Waals surface area contributed by atoms with Gasteiger partial charge in [0.05, 0.1) is 0 Å². The molecule has 7 heteroatoms. The van der Waals surface area contributed by atoms with Gasteiger partial charge in [-0.2, -0.15) is 0 Å². The summed E-state index contributed by atoms with van der Waals surface area (Å²) in [7, 11) is 0. The van der Waals surface area contributed by atoms with E-state index in [1.165, 1.54) is 11.3 Å². The summed E-state index contributed by atoms with van der Waals surface area (Å²) < 4.78 is 0. The Bertz CT molecular complexity index is 585. The number of carbonyl (C=O) groups is 1. The minimum Gasteiger partial charge on any atom is -0.399 e. The predicted molar refractivity (Wildman–Crippen MR) is 84.5 cm³/mol. The third-order valence-corrected chi connectivity index (χ3v) is 3.28. The lowest BCUT2D eigenvalue weighted by Gasteiger charge is -2.01. The highest BCUT2D eigenvalue weighted by molar-refractivity contribution is 7.15. The Morgan fingerprint density at radius 3 is 2.80 bits per heavy atom. The zero-order valence-corrected chi connectivity index (χ0v) is 12.9. The molecule has 0 saturated carbocycles. The van der Waals surface area contributed by atoms with Crippen molar-refractivity contribution in [3.63, 3.8) is 0 Å². The highest BCUT2D eigenvalue weighted by Crippen LogP contribution is 2.19. The van der Waals surface area contributed by atoms with E-state index in [1.54, 1.807) is 24.3 Å². The van der Waals surface area contributed by atoms with Crippen LogP contribution in [0, 0.1) is 5.92 Å². The second-order valence-corrected chi connectivity index (χ2v) is 5.74. The number of nitrogens with zero attached hydrogens (tertiary/aromatic N) is 2. The van der Waals surface area contributed by atoms with E-state index in [9.17, 15) is 4.79 Å². The number of hydrogen-bond acceptors (Lipinski definition) is 5. The first kappa shape index (κ1) is 16.4. The van der Waals surface area contributed by atoms with E-state index in [2.05, 4.69) is 29.4 Å². The van der Waals surface area contributed by atoms with Gasteiger partial charge in [-0.15, -0.1) is 22.6 Å². The maximum absolute atomic E-state index is 12.0.